The summed E-state index contributed by atoms with van der Waals surface area (Å²) in [5, 5.41) is 2.64. The van der Waals surface area contributed by atoms with Crippen LogP contribution in [0, 0.1) is 11.8 Å². The molecular formula is C12H24N2O3. The number of ether oxygens (including phenoxy) is 1. The van der Waals surface area contributed by atoms with Crippen molar-refractivity contribution in [3.05, 3.63) is 0 Å². The minimum Gasteiger partial charge on any atom is -0.467 e. The minimum atomic E-state index is -0.636. The highest BCUT2D eigenvalue weighted by Gasteiger charge is 2.28. The van der Waals surface area contributed by atoms with Crippen molar-refractivity contribution in [1.29, 1.82) is 0 Å². The molecule has 3 N–H and O–H groups in total. The lowest BCUT2D eigenvalue weighted by molar-refractivity contribution is -0.146. The summed E-state index contributed by atoms with van der Waals surface area (Å²) in [6.07, 6.45) is 0.819. The van der Waals surface area contributed by atoms with Gasteiger partial charge in [0.2, 0.25) is 5.91 Å². The predicted molar refractivity (Wildman–Crippen MR) is 66.2 cm³/mol. The third-order valence-corrected chi connectivity index (χ3v) is 2.98. The molecule has 0 aromatic rings. The van der Waals surface area contributed by atoms with Gasteiger partial charge in [-0.25, -0.2) is 4.79 Å². The number of methoxy groups -OCH3 is 1. The summed E-state index contributed by atoms with van der Waals surface area (Å²) in [6.45, 7) is 7.57. The molecule has 0 aliphatic heterocycles. The molecule has 0 heterocycles. The molecule has 0 aliphatic carbocycles. The second kappa shape index (κ2) is 7.27. The molecule has 17 heavy (non-hydrogen) atoms. The third-order valence-electron chi connectivity index (χ3n) is 2.98. The lowest BCUT2D eigenvalue weighted by Gasteiger charge is -2.24. The summed E-state index contributed by atoms with van der Waals surface area (Å²) >= 11 is 0. The van der Waals surface area contributed by atoms with E-state index in [4.69, 9.17) is 5.73 Å². The Bertz CT molecular complexity index is 266. The molecule has 2 unspecified atom stereocenters. The highest BCUT2D eigenvalue weighted by atomic mass is 16.5. The molecule has 0 fully saturated rings. The van der Waals surface area contributed by atoms with E-state index in [-0.39, 0.29) is 17.7 Å². The zero-order chi connectivity index (χ0) is 13.6. The van der Waals surface area contributed by atoms with E-state index in [1.807, 2.05) is 27.7 Å². The van der Waals surface area contributed by atoms with Crippen molar-refractivity contribution in [3.8, 4) is 0 Å². The monoisotopic (exact) mass is 244 g/mol. The fourth-order valence-corrected chi connectivity index (χ4v) is 1.39. The number of esters is 1. The van der Waals surface area contributed by atoms with Gasteiger partial charge in [0, 0.05) is 0 Å². The van der Waals surface area contributed by atoms with E-state index in [9.17, 15) is 9.59 Å². The number of hydrogen-bond acceptors (Lipinski definition) is 4. The van der Waals surface area contributed by atoms with Crippen LogP contribution in [0.15, 0.2) is 0 Å². The van der Waals surface area contributed by atoms with Gasteiger partial charge < -0.3 is 15.8 Å². The molecule has 0 saturated heterocycles. The van der Waals surface area contributed by atoms with Gasteiger partial charge in [-0.3, -0.25) is 4.79 Å². The number of carbonyl (C=O) groups is 2. The van der Waals surface area contributed by atoms with Crippen molar-refractivity contribution < 1.29 is 14.3 Å². The molecule has 0 aliphatic rings. The van der Waals surface area contributed by atoms with Crippen LogP contribution in [-0.2, 0) is 14.3 Å². The largest absolute Gasteiger partial charge is 0.467 e. The summed E-state index contributed by atoms with van der Waals surface area (Å²) in [6, 6.07) is -1.23. The summed E-state index contributed by atoms with van der Waals surface area (Å²) in [4.78, 5) is 23.3. The maximum Gasteiger partial charge on any atom is 0.328 e. The summed E-state index contributed by atoms with van der Waals surface area (Å²) in [5.41, 5.74) is 5.80. The maximum atomic E-state index is 11.8. The molecule has 5 heteroatoms. The Morgan fingerprint density at radius 1 is 1.29 bits per heavy atom. The highest BCUT2D eigenvalue weighted by Crippen LogP contribution is 2.08. The Morgan fingerprint density at radius 2 is 1.82 bits per heavy atom. The van der Waals surface area contributed by atoms with Gasteiger partial charge in [0.05, 0.1) is 13.2 Å². The second-order valence-electron chi connectivity index (χ2n) is 4.66. The second-order valence-corrected chi connectivity index (χ2v) is 4.66. The summed E-state index contributed by atoms with van der Waals surface area (Å²) in [7, 11) is 1.30. The van der Waals surface area contributed by atoms with Gasteiger partial charge in [-0.1, -0.05) is 34.1 Å². The molecule has 0 radical (unpaired) electrons. The number of nitrogens with two attached hydrogens (primary N) is 1. The van der Waals surface area contributed by atoms with Crippen LogP contribution in [0.2, 0.25) is 0 Å². The van der Waals surface area contributed by atoms with Gasteiger partial charge in [-0.15, -0.1) is 0 Å². The van der Waals surface area contributed by atoms with Gasteiger partial charge in [0.15, 0.2) is 0 Å². The fourth-order valence-electron chi connectivity index (χ4n) is 1.39. The van der Waals surface area contributed by atoms with Crippen LogP contribution in [0.5, 0.6) is 0 Å². The maximum absolute atomic E-state index is 11.8. The van der Waals surface area contributed by atoms with Gasteiger partial charge in [-0.2, -0.15) is 0 Å². The molecule has 0 rings (SSSR count). The van der Waals surface area contributed by atoms with E-state index in [2.05, 4.69) is 10.1 Å². The molecule has 3 atom stereocenters. The van der Waals surface area contributed by atoms with Crippen LogP contribution < -0.4 is 11.1 Å². The number of nitrogens with one attached hydrogen (secondary N) is 1. The van der Waals surface area contributed by atoms with Crippen LogP contribution in [0.25, 0.3) is 0 Å². The Labute approximate surface area is 103 Å². The topological polar surface area (TPSA) is 81.4 Å². The van der Waals surface area contributed by atoms with Gasteiger partial charge in [-0.05, 0) is 11.8 Å². The lowest BCUT2D eigenvalue weighted by atomic mass is 9.98. The molecule has 100 valence electrons. The zero-order valence-electron chi connectivity index (χ0n) is 11.3. The van der Waals surface area contributed by atoms with E-state index in [0.717, 1.165) is 6.42 Å². The molecule has 0 aromatic heterocycles. The quantitative estimate of drug-likeness (QED) is 0.673. The van der Waals surface area contributed by atoms with Crippen LogP contribution >= 0.6 is 0 Å². The highest BCUT2D eigenvalue weighted by molar-refractivity contribution is 5.87. The predicted octanol–water partition coefficient (Wildman–Crippen LogP) is 0.674. The van der Waals surface area contributed by atoms with Crippen LogP contribution in [-0.4, -0.2) is 31.1 Å². The first-order valence-electron chi connectivity index (χ1n) is 5.98. The van der Waals surface area contributed by atoms with E-state index in [1.165, 1.54) is 7.11 Å². The fraction of sp³-hybridized carbons (Fsp3) is 0.833. The minimum absolute atomic E-state index is 0.0319. The smallest absolute Gasteiger partial charge is 0.328 e. The van der Waals surface area contributed by atoms with Crippen molar-refractivity contribution in [2.45, 2.75) is 46.2 Å². The van der Waals surface area contributed by atoms with E-state index in [1.54, 1.807) is 0 Å². The van der Waals surface area contributed by atoms with Crippen LogP contribution in [0.1, 0.15) is 34.1 Å². The molecule has 0 aromatic carbocycles. The van der Waals surface area contributed by atoms with Crippen molar-refractivity contribution in [2.75, 3.05) is 7.11 Å². The zero-order valence-corrected chi connectivity index (χ0v) is 11.3. The van der Waals surface area contributed by atoms with Gasteiger partial charge in [0.25, 0.3) is 0 Å². The van der Waals surface area contributed by atoms with Crippen molar-refractivity contribution in [2.24, 2.45) is 17.6 Å². The molecular weight excluding hydrogens is 220 g/mol. The number of rotatable bonds is 6. The molecule has 5 nitrogen and oxygen atoms in total. The molecule has 0 spiro atoms. The number of amides is 1. The third kappa shape index (κ3) is 4.73. The Hall–Kier alpha value is -1.10. The average Bonchev–Trinajstić information content (AvgIpc) is 2.32. The first kappa shape index (κ1) is 15.9. The summed E-state index contributed by atoms with van der Waals surface area (Å²) in [5.74, 6) is -0.691. The Kier molecular flexibility index (Phi) is 6.80. The lowest BCUT2D eigenvalue weighted by Crippen LogP contribution is -2.52. The van der Waals surface area contributed by atoms with Gasteiger partial charge >= 0.3 is 5.97 Å². The number of hydrogen-bond donors (Lipinski definition) is 2. The Balaban J connectivity index is 4.56. The van der Waals surface area contributed by atoms with Gasteiger partial charge in [0.1, 0.15) is 6.04 Å². The SMILES string of the molecule is CCC(C)C(N)C(=O)N[C@@H](C(=O)OC)C(C)C. The first-order chi connectivity index (χ1) is 7.84. The first-order valence-corrected chi connectivity index (χ1v) is 5.98. The number of carbonyl (C=O) groups excluding carboxylic acids is 2. The van der Waals surface area contributed by atoms with E-state index >= 15 is 0 Å². The normalized spacial score (nSPS) is 16.2. The van der Waals surface area contributed by atoms with Crippen molar-refractivity contribution >= 4 is 11.9 Å². The molecule has 0 bridgehead atoms. The van der Waals surface area contributed by atoms with Crippen LogP contribution in [0.4, 0.5) is 0 Å². The Morgan fingerprint density at radius 3 is 2.18 bits per heavy atom. The standard InChI is InChI=1S/C12H24N2O3/c1-6-8(4)9(13)11(15)14-10(7(2)3)12(16)17-5/h7-10H,6,13H2,1-5H3,(H,14,15)/t8?,9?,10-/m1/s1. The van der Waals surface area contributed by atoms with Crippen molar-refractivity contribution in [3.63, 3.8) is 0 Å². The molecule has 0 saturated carbocycles. The van der Waals surface area contributed by atoms with E-state index < -0.39 is 18.1 Å². The van der Waals surface area contributed by atoms with Crippen molar-refractivity contribution in [1.82, 2.24) is 5.32 Å². The molecule has 1 amide bonds. The van der Waals surface area contributed by atoms with Crippen LogP contribution in [0.3, 0.4) is 0 Å². The average molecular weight is 244 g/mol. The summed E-state index contributed by atoms with van der Waals surface area (Å²) < 4.78 is 4.65. The van der Waals surface area contributed by atoms with E-state index in [0.29, 0.717) is 0 Å².